The first-order chi connectivity index (χ1) is 15.4. The molecule has 32 heavy (non-hydrogen) atoms. The summed E-state index contributed by atoms with van der Waals surface area (Å²) >= 11 is 0. The Morgan fingerprint density at radius 2 is 1.84 bits per heavy atom. The normalized spacial score (nSPS) is 15.2. The van der Waals surface area contributed by atoms with E-state index in [2.05, 4.69) is 48.2 Å². The van der Waals surface area contributed by atoms with Crippen LogP contribution in [0.2, 0.25) is 0 Å². The Labute approximate surface area is 192 Å². The summed E-state index contributed by atoms with van der Waals surface area (Å²) in [6.45, 7) is 11.7. The summed E-state index contributed by atoms with van der Waals surface area (Å²) in [5.41, 5.74) is 11.1. The van der Waals surface area contributed by atoms with Crippen molar-refractivity contribution < 1.29 is 9.53 Å². The first-order valence-electron chi connectivity index (χ1n) is 11.6. The van der Waals surface area contributed by atoms with Gasteiger partial charge in [0, 0.05) is 37.9 Å². The highest BCUT2D eigenvalue weighted by atomic mass is 16.5. The fourth-order valence-electron chi connectivity index (χ4n) is 4.39. The zero-order chi connectivity index (χ0) is 23.1. The van der Waals surface area contributed by atoms with Crippen LogP contribution in [-0.4, -0.2) is 54.5 Å². The van der Waals surface area contributed by atoms with E-state index in [4.69, 9.17) is 10.5 Å². The number of ether oxygens (including phenoxy) is 1. The number of nitrogens with zero attached hydrogens (tertiary/aromatic N) is 2. The number of carbonyl (C=O) groups is 1. The lowest BCUT2D eigenvalue weighted by molar-refractivity contribution is -0.136. The molecule has 1 saturated heterocycles. The second-order valence-electron chi connectivity index (χ2n) is 8.67. The minimum Gasteiger partial charge on any atom is -0.483 e. The molecule has 0 spiro atoms. The van der Waals surface area contributed by atoms with E-state index in [9.17, 15) is 4.79 Å². The molecule has 1 fully saturated rings. The van der Waals surface area contributed by atoms with E-state index in [0.717, 1.165) is 60.6 Å². The molecular formula is C27H37N3O2. The number of nitrogens with two attached hydrogens (primary N) is 1. The van der Waals surface area contributed by atoms with Gasteiger partial charge in [-0.15, -0.1) is 0 Å². The average Bonchev–Trinajstić information content (AvgIpc) is 2.81. The molecule has 0 radical (unpaired) electrons. The number of anilines is 1. The van der Waals surface area contributed by atoms with Gasteiger partial charge in [0.2, 0.25) is 0 Å². The standard InChI is InChI=1S/C27H37N3O2/c1-5-30(26(31)19-32-25-18-20(2)27(28)22(4)21(25)3)24-13-16-29(17-14-24)15-9-12-23-10-7-6-8-11-23/h6-12,18,24H,5,13-17,19,28H2,1-4H3/b12-9+. The highest BCUT2D eigenvalue weighted by Gasteiger charge is 2.27. The number of hydrogen-bond donors (Lipinski definition) is 1. The summed E-state index contributed by atoms with van der Waals surface area (Å²) in [6.07, 6.45) is 6.40. The molecule has 0 bridgehead atoms. The lowest BCUT2D eigenvalue weighted by atomic mass is 10.0. The van der Waals surface area contributed by atoms with Gasteiger partial charge in [0.15, 0.2) is 6.61 Å². The molecule has 0 saturated carbocycles. The number of hydrogen-bond acceptors (Lipinski definition) is 4. The van der Waals surface area contributed by atoms with Gasteiger partial charge in [-0.3, -0.25) is 9.69 Å². The van der Waals surface area contributed by atoms with Gasteiger partial charge in [0.25, 0.3) is 5.91 Å². The number of amides is 1. The number of benzene rings is 2. The Balaban J connectivity index is 1.50. The molecule has 1 heterocycles. The minimum atomic E-state index is 0.0569. The van der Waals surface area contributed by atoms with E-state index in [0.29, 0.717) is 6.54 Å². The summed E-state index contributed by atoms with van der Waals surface area (Å²) in [7, 11) is 0. The highest BCUT2D eigenvalue weighted by Crippen LogP contribution is 2.29. The van der Waals surface area contributed by atoms with Crippen LogP contribution in [0.3, 0.4) is 0 Å². The zero-order valence-electron chi connectivity index (χ0n) is 19.9. The van der Waals surface area contributed by atoms with Gasteiger partial charge in [-0.1, -0.05) is 42.5 Å². The molecule has 2 aromatic carbocycles. The number of nitrogen functional groups attached to an aromatic ring is 1. The van der Waals surface area contributed by atoms with Crippen molar-refractivity contribution >= 4 is 17.7 Å². The number of likely N-dealkylation sites (tertiary alicyclic amines) is 1. The molecular weight excluding hydrogens is 398 g/mol. The van der Waals surface area contributed by atoms with E-state index in [1.54, 1.807) is 0 Å². The van der Waals surface area contributed by atoms with Crippen molar-refractivity contribution in [1.29, 1.82) is 0 Å². The predicted molar refractivity (Wildman–Crippen MR) is 133 cm³/mol. The molecule has 1 aliphatic rings. The maximum absolute atomic E-state index is 13.0. The van der Waals surface area contributed by atoms with Crippen molar-refractivity contribution in [3.63, 3.8) is 0 Å². The molecule has 2 aromatic rings. The molecule has 0 aromatic heterocycles. The van der Waals surface area contributed by atoms with E-state index in [1.165, 1.54) is 5.56 Å². The molecule has 0 aliphatic carbocycles. The smallest absolute Gasteiger partial charge is 0.260 e. The maximum Gasteiger partial charge on any atom is 0.260 e. The summed E-state index contributed by atoms with van der Waals surface area (Å²) < 4.78 is 5.94. The van der Waals surface area contributed by atoms with Crippen LogP contribution in [0.1, 0.15) is 42.0 Å². The quantitative estimate of drug-likeness (QED) is 0.616. The Morgan fingerprint density at radius 1 is 1.16 bits per heavy atom. The number of likely N-dealkylation sites (N-methyl/N-ethyl adjacent to an activating group) is 1. The average molecular weight is 436 g/mol. The topological polar surface area (TPSA) is 58.8 Å². The van der Waals surface area contributed by atoms with Crippen molar-refractivity contribution in [2.75, 3.05) is 38.5 Å². The van der Waals surface area contributed by atoms with Gasteiger partial charge in [0.05, 0.1) is 0 Å². The summed E-state index contributed by atoms with van der Waals surface area (Å²) in [6, 6.07) is 12.6. The van der Waals surface area contributed by atoms with Gasteiger partial charge < -0.3 is 15.4 Å². The Kier molecular flexibility index (Phi) is 8.34. The molecule has 3 rings (SSSR count). The third kappa shape index (κ3) is 5.92. The van der Waals surface area contributed by atoms with Crippen LogP contribution in [0.5, 0.6) is 5.75 Å². The minimum absolute atomic E-state index is 0.0569. The molecule has 1 aliphatic heterocycles. The fraction of sp³-hybridized carbons (Fsp3) is 0.444. The van der Waals surface area contributed by atoms with Gasteiger partial charge >= 0.3 is 0 Å². The Morgan fingerprint density at radius 3 is 2.50 bits per heavy atom. The number of rotatable bonds is 8. The number of carbonyl (C=O) groups excluding carboxylic acids is 1. The largest absolute Gasteiger partial charge is 0.483 e. The van der Waals surface area contributed by atoms with E-state index >= 15 is 0 Å². The first kappa shape index (κ1) is 23.9. The molecule has 172 valence electrons. The third-order valence-corrected chi connectivity index (χ3v) is 6.59. The third-order valence-electron chi connectivity index (χ3n) is 6.59. The van der Waals surface area contributed by atoms with Crippen LogP contribution in [0, 0.1) is 20.8 Å². The van der Waals surface area contributed by atoms with Crippen molar-refractivity contribution in [2.45, 2.75) is 46.6 Å². The van der Waals surface area contributed by atoms with E-state index < -0.39 is 0 Å². The highest BCUT2D eigenvalue weighted by molar-refractivity contribution is 5.78. The van der Waals surface area contributed by atoms with E-state index in [-0.39, 0.29) is 18.6 Å². The fourth-order valence-corrected chi connectivity index (χ4v) is 4.39. The predicted octanol–water partition coefficient (Wildman–Crippen LogP) is 4.60. The van der Waals surface area contributed by atoms with Crippen LogP contribution in [-0.2, 0) is 4.79 Å². The van der Waals surface area contributed by atoms with Gasteiger partial charge in [-0.2, -0.15) is 0 Å². The molecule has 5 nitrogen and oxygen atoms in total. The van der Waals surface area contributed by atoms with Crippen molar-refractivity contribution in [1.82, 2.24) is 9.80 Å². The molecule has 1 amide bonds. The van der Waals surface area contributed by atoms with Crippen LogP contribution in [0.15, 0.2) is 42.5 Å². The summed E-state index contributed by atoms with van der Waals surface area (Å²) in [5.74, 6) is 0.806. The Bertz CT molecular complexity index is 932. The lowest BCUT2D eigenvalue weighted by Gasteiger charge is -2.37. The SMILES string of the molecule is CCN(C(=O)COc1cc(C)c(N)c(C)c1C)C1CCN(C/C=C/c2ccccc2)CC1. The molecule has 2 N–H and O–H groups in total. The zero-order valence-corrected chi connectivity index (χ0v) is 19.9. The molecule has 0 unspecified atom stereocenters. The lowest BCUT2D eigenvalue weighted by Crippen LogP contribution is -2.48. The van der Waals surface area contributed by atoms with Gasteiger partial charge in [-0.25, -0.2) is 0 Å². The second kappa shape index (κ2) is 11.2. The first-order valence-corrected chi connectivity index (χ1v) is 11.6. The summed E-state index contributed by atoms with van der Waals surface area (Å²) in [5, 5.41) is 0. The van der Waals surface area contributed by atoms with Crippen LogP contribution in [0.25, 0.3) is 6.08 Å². The molecule has 5 heteroatoms. The monoisotopic (exact) mass is 435 g/mol. The number of piperidine rings is 1. The second-order valence-corrected chi connectivity index (χ2v) is 8.67. The van der Waals surface area contributed by atoms with Gasteiger partial charge in [-0.05, 0) is 68.9 Å². The maximum atomic E-state index is 13.0. The van der Waals surface area contributed by atoms with Crippen molar-refractivity contribution in [3.8, 4) is 5.75 Å². The summed E-state index contributed by atoms with van der Waals surface area (Å²) in [4.78, 5) is 17.4. The van der Waals surface area contributed by atoms with Gasteiger partial charge in [0.1, 0.15) is 5.75 Å². The van der Waals surface area contributed by atoms with E-state index in [1.807, 2.05) is 37.8 Å². The van der Waals surface area contributed by atoms with Crippen molar-refractivity contribution in [2.24, 2.45) is 0 Å². The van der Waals surface area contributed by atoms with Crippen LogP contribution < -0.4 is 10.5 Å². The van der Waals surface area contributed by atoms with Crippen LogP contribution >= 0.6 is 0 Å². The van der Waals surface area contributed by atoms with Crippen LogP contribution in [0.4, 0.5) is 5.69 Å². The van der Waals surface area contributed by atoms with Crippen molar-refractivity contribution in [3.05, 3.63) is 64.7 Å². The number of aryl methyl sites for hydroxylation is 1. The molecule has 0 atom stereocenters. The Hall–Kier alpha value is -2.79.